The molecule has 5 rings (SSSR count). The van der Waals surface area contributed by atoms with Crippen LogP contribution in [0.15, 0.2) is 88.9 Å². The summed E-state index contributed by atoms with van der Waals surface area (Å²) in [6.45, 7) is 2.33. The summed E-state index contributed by atoms with van der Waals surface area (Å²) >= 11 is 15.6. The molecule has 1 aliphatic heterocycles. The number of hydrogen-bond acceptors (Lipinski definition) is 8. The highest BCUT2D eigenvalue weighted by Crippen LogP contribution is 2.38. The fraction of sp³-hybridized carbons (Fsp3) is 0.121. The maximum atomic E-state index is 13.5. The van der Waals surface area contributed by atoms with Gasteiger partial charge in [0.1, 0.15) is 24.5 Å². The van der Waals surface area contributed by atoms with Crippen LogP contribution in [0.1, 0.15) is 23.6 Å². The van der Waals surface area contributed by atoms with E-state index in [2.05, 4.69) is 21.2 Å². The van der Waals surface area contributed by atoms with Crippen LogP contribution in [0, 0.1) is 10.1 Å². The second kappa shape index (κ2) is 14.7. The first kappa shape index (κ1) is 33.5. The minimum Gasteiger partial charge on any atom is -0.490 e. The molecule has 0 bridgehead atoms. The molecule has 4 amide bonds. The third-order valence-corrected chi connectivity index (χ3v) is 7.96. The van der Waals surface area contributed by atoms with Crippen molar-refractivity contribution in [1.29, 1.82) is 0 Å². The Labute approximate surface area is 286 Å². The largest absolute Gasteiger partial charge is 0.490 e. The highest BCUT2D eigenvalue weighted by Gasteiger charge is 2.37. The number of imide groups is 2. The number of amides is 4. The normalized spacial score (nSPS) is 13.8. The summed E-state index contributed by atoms with van der Waals surface area (Å²) in [5.74, 6) is -0.552. The molecule has 0 aliphatic carbocycles. The van der Waals surface area contributed by atoms with Gasteiger partial charge in [0.25, 0.3) is 17.5 Å². The van der Waals surface area contributed by atoms with E-state index >= 15 is 0 Å². The average molecular weight is 741 g/mol. The first-order valence-electron chi connectivity index (χ1n) is 13.9. The number of nitrogens with zero attached hydrogens (tertiary/aromatic N) is 2. The smallest absolute Gasteiger partial charge is 0.335 e. The van der Waals surface area contributed by atoms with E-state index in [0.29, 0.717) is 42.9 Å². The Kier molecular flexibility index (Phi) is 10.4. The van der Waals surface area contributed by atoms with Gasteiger partial charge in [-0.1, -0.05) is 29.3 Å². The van der Waals surface area contributed by atoms with Gasteiger partial charge in [-0.05, 0) is 101 Å². The van der Waals surface area contributed by atoms with Crippen molar-refractivity contribution >= 4 is 74.4 Å². The van der Waals surface area contributed by atoms with Gasteiger partial charge in [-0.3, -0.25) is 25.0 Å². The molecule has 1 fully saturated rings. The van der Waals surface area contributed by atoms with Gasteiger partial charge in [0.2, 0.25) is 0 Å². The predicted molar refractivity (Wildman–Crippen MR) is 179 cm³/mol. The lowest BCUT2D eigenvalue weighted by Crippen LogP contribution is -2.54. The van der Waals surface area contributed by atoms with Crippen LogP contribution >= 0.6 is 39.1 Å². The molecular weight excluding hydrogens is 717 g/mol. The number of ether oxygens (including phenoxy) is 3. The van der Waals surface area contributed by atoms with Crippen molar-refractivity contribution < 1.29 is 33.5 Å². The number of anilines is 1. The van der Waals surface area contributed by atoms with Crippen LogP contribution in [0.5, 0.6) is 17.2 Å². The molecule has 240 valence electrons. The number of hydrogen-bond donors (Lipinski definition) is 1. The molecule has 1 aliphatic rings. The number of urea groups is 1. The highest BCUT2D eigenvalue weighted by molar-refractivity contribution is 9.10. The molecular formula is C33H24BrCl2N3O8. The van der Waals surface area contributed by atoms with Crippen LogP contribution in [0.4, 0.5) is 16.2 Å². The van der Waals surface area contributed by atoms with E-state index < -0.39 is 22.8 Å². The number of non-ortho nitro benzene ring substituents is 1. The van der Waals surface area contributed by atoms with Gasteiger partial charge < -0.3 is 14.2 Å². The molecule has 1 heterocycles. The summed E-state index contributed by atoms with van der Waals surface area (Å²) in [6.07, 6.45) is 1.35. The number of barbiturate groups is 1. The third kappa shape index (κ3) is 7.91. The lowest BCUT2D eigenvalue weighted by Gasteiger charge is -2.26. The van der Waals surface area contributed by atoms with Crippen LogP contribution in [0.25, 0.3) is 6.08 Å². The van der Waals surface area contributed by atoms with Crippen LogP contribution < -0.4 is 24.4 Å². The minimum atomic E-state index is -0.898. The van der Waals surface area contributed by atoms with Crippen molar-refractivity contribution in [1.82, 2.24) is 5.32 Å². The number of nitro benzene ring substituents is 1. The quantitative estimate of drug-likeness (QED) is 0.0710. The molecule has 0 atom stereocenters. The lowest BCUT2D eigenvalue weighted by atomic mass is 10.1. The van der Waals surface area contributed by atoms with Crippen molar-refractivity contribution in [2.45, 2.75) is 20.1 Å². The maximum absolute atomic E-state index is 13.5. The van der Waals surface area contributed by atoms with Gasteiger partial charge in [0.15, 0.2) is 11.5 Å². The molecule has 0 unspecified atom stereocenters. The van der Waals surface area contributed by atoms with Gasteiger partial charge in [-0.2, -0.15) is 0 Å². The fourth-order valence-electron chi connectivity index (χ4n) is 4.49. The van der Waals surface area contributed by atoms with E-state index in [1.807, 2.05) is 0 Å². The van der Waals surface area contributed by atoms with E-state index in [4.69, 9.17) is 37.4 Å². The second-order valence-electron chi connectivity index (χ2n) is 9.95. The van der Waals surface area contributed by atoms with Gasteiger partial charge in [0, 0.05) is 27.7 Å². The molecule has 0 spiro atoms. The van der Waals surface area contributed by atoms with Crippen molar-refractivity contribution in [2.75, 3.05) is 11.5 Å². The molecule has 0 aromatic heterocycles. The Hall–Kier alpha value is -4.91. The second-order valence-corrected chi connectivity index (χ2v) is 11.6. The standard InChI is InChI=1S/C33H24BrCl2N3O8/c1-2-45-29-15-20(14-27(34)30(29)47-17-19-3-7-24(8-4-19)39(43)44)13-26-31(40)37-33(42)38(32(26)41)23-9-11-25(12-10-23)46-18-21-5-6-22(35)16-28(21)36/h3-16H,2,17-18H2,1H3,(H,37,40,42)/b26-13+. The number of halogens is 3. The average Bonchev–Trinajstić information content (AvgIpc) is 3.03. The number of carbonyl (C=O) groups is 3. The summed E-state index contributed by atoms with van der Waals surface area (Å²) in [6, 6.07) is 19.5. The highest BCUT2D eigenvalue weighted by atomic mass is 79.9. The van der Waals surface area contributed by atoms with Gasteiger partial charge in [-0.15, -0.1) is 0 Å². The zero-order valence-electron chi connectivity index (χ0n) is 24.5. The summed E-state index contributed by atoms with van der Waals surface area (Å²) < 4.78 is 18.0. The number of carbonyl (C=O) groups excluding carboxylic acids is 3. The van der Waals surface area contributed by atoms with E-state index in [0.717, 1.165) is 10.5 Å². The van der Waals surface area contributed by atoms with E-state index in [-0.39, 0.29) is 36.8 Å². The number of benzene rings is 4. The Balaban J connectivity index is 1.34. The Bertz CT molecular complexity index is 1900. The van der Waals surface area contributed by atoms with Crippen LogP contribution in [-0.4, -0.2) is 29.4 Å². The molecule has 4 aromatic carbocycles. The Morgan fingerprint density at radius 3 is 2.30 bits per heavy atom. The van der Waals surface area contributed by atoms with Crippen molar-refractivity contribution in [3.8, 4) is 17.2 Å². The van der Waals surface area contributed by atoms with Crippen molar-refractivity contribution in [3.63, 3.8) is 0 Å². The van der Waals surface area contributed by atoms with E-state index in [1.54, 1.807) is 61.5 Å². The molecule has 0 radical (unpaired) electrons. The lowest BCUT2D eigenvalue weighted by molar-refractivity contribution is -0.384. The van der Waals surface area contributed by atoms with E-state index in [9.17, 15) is 24.5 Å². The maximum Gasteiger partial charge on any atom is 0.335 e. The number of nitrogens with one attached hydrogen (secondary N) is 1. The molecule has 1 N–H and O–H groups in total. The Morgan fingerprint density at radius 1 is 0.915 bits per heavy atom. The molecule has 47 heavy (non-hydrogen) atoms. The van der Waals surface area contributed by atoms with Crippen molar-refractivity contribution in [3.05, 3.63) is 126 Å². The van der Waals surface area contributed by atoms with Crippen LogP contribution in [0.2, 0.25) is 10.0 Å². The van der Waals surface area contributed by atoms with Gasteiger partial charge in [0.05, 0.1) is 21.7 Å². The SMILES string of the molecule is CCOc1cc(/C=C2\C(=O)NC(=O)N(c3ccc(OCc4ccc(Cl)cc4Cl)cc3)C2=O)cc(Br)c1OCc1ccc([N+](=O)[O-])cc1. The van der Waals surface area contributed by atoms with Crippen LogP contribution in [0.3, 0.4) is 0 Å². The van der Waals surface area contributed by atoms with Gasteiger partial charge >= 0.3 is 6.03 Å². The van der Waals surface area contributed by atoms with Gasteiger partial charge in [-0.25, -0.2) is 9.69 Å². The first-order valence-corrected chi connectivity index (χ1v) is 15.5. The minimum absolute atomic E-state index is 0.0362. The zero-order valence-corrected chi connectivity index (χ0v) is 27.6. The summed E-state index contributed by atoms with van der Waals surface area (Å²) in [5.41, 5.74) is 1.73. The fourth-order valence-corrected chi connectivity index (χ4v) is 5.53. The molecule has 1 saturated heterocycles. The number of nitro groups is 1. The topological polar surface area (TPSA) is 137 Å². The third-order valence-electron chi connectivity index (χ3n) is 6.78. The molecule has 0 saturated carbocycles. The summed E-state index contributed by atoms with van der Waals surface area (Å²) in [4.78, 5) is 50.4. The molecule has 14 heteroatoms. The predicted octanol–water partition coefficient (Wildman–Crippen LogP) is 7.89. The first-order chi connectivity index (χ1) is 22.5. The van der Waals surface area contributed by atoms with E-state index in [1.165, 1.54) is 30.3 Å². The molecule has 4 aromatic rings. The van der Waals surface area contributed by atoms with Crippen molar-refractivity contribution in [2.24, 2.45) is 0 Å². The zero-order chi connectivity index (χ0) is 33.7. The van der Waals surface area contributed by atoms with Crippen LogP contribution in [-0.2, 0) is 22.8 Å². The Morgan fingerprint density at radius 2 is 1.64 bits per heavy atom. The summed E-state index contributed by atoms with van der Waals surface area (Å²) in [7, 11) is 0. The monoisotopic (exact) mass is 739 g/mol. The summed E-state index contributed by atoms with van der Waals surface area (Å²) in [5, 5.41) is 14.1. The molecule has 11 nitrogen and oxygen atoms in total. The number of rotatable bonds is 11.